The molecule has 98 valence electrons. The van der Waals surface area contributed by atoms with Crippen molar-refractivity contribution >= 4 is 23.7 Å². The van der Waals surface area contributed by atoms with Crippen molar-refractivity contribution in [1.82, 2.24) is 4.57 Å². The summed E-state index contributed by atoms with van der Waals surface area (Å²) in [6, 6.07) is 6.74. The van der Waals surface area contributed by atoms with Crippen LogP contribution < -0.4 is 0 Å². The fourth-order valence-electron chi connectivity index (χ4n) is 2.23. The molecule has 0 bridgehead atoms. The Kier molecular flexibility index (Phi) is 3.58. The second-order valence-corrected chi connectivity index (χ2v) is 4.92. The zero-order valence-electron chi connectivity index (χ0n) is 11.0. The fraction of sp³-hybridized carbons (Fsp3) is 0.200. The second-order valence-electron chi connectivity index (χ2n) is 4.49. The van der Waals surface area contributed by atoms with Gasteiger partial charge in [0, 0.05) is 28.9 Å². The lowest BCUT2D eigenvalue weighted by molar-refractivity contribution is 0.103. The monoisotopic (exact) mass is 275 g/mol. The van der Waals surface area contributed by atoms with Crippen LogP contribution in [0.3, 0.4) is 0 Å². The molecule has 3 nitrogen and oxygen atoms in total. The maximum absolute atomic E-state index is 12.5. The lowest BCUT2D eigenvalue weighted by Gasteiger charge is -2.06. The number of hydrogen-bond acceptors (Lipinski definition) is 2. The van der Waals surface area contributed by atoms with Gasteiger partial charge in [0.15, 0.2) is 6.29 Å². The van der Waals surface area contributed by atoms with E-state index in [1.54, 1.807) is 42.8 Å². The van der Waals surface area contributed by atoms with Crippen LogP contribution in [0, 0.1) is 13.8 Å². The number of rotatable bonds is 3. The van der Waals surface area contributed by atoms with Crippen LogP contribution in [0.2, 0.25) is 5.02 Å². The Labute approximate surface area is 116 Å². The van der Waals surface area contributed by atoms with E-state index in [2.05, 4.69) is 0 Å². The van der Waals surface area contributed by atoms with E-state index in [4.69, 9.17) is 11.6 Å². The zero-order chi connectivity index (χ0) is 14.2. The van der Waals surface area contributed by atoms with Crippen LogP contribution in [0.5, 0.6) is 0 Å². The molecule has 1 aromatic heterocycles. The van der Waals surface area contributed by atoms with Gasteiger partial charge in [0.25, 0.3) is 0 Å². The van der Waals surface area contributed by atoms with E-state index in [0.717, 1.165) is 17.5 Å². The Morgan fingerprint density at radius 3 is 2.26 bits per heavy atom. The SMILES string of the molecule is Cc1c(C=O)c(C)n(C)c1C(=O)c1ccc(Cl)cc1. The van der Waals surface area contributed by atoms with Crippen LogP contribution in [0.25, 0.3) is 0 Å². The van der Waals surface area contributed by atoms with Gasteiger partial charge in [-0.25, -0.2) is 0 Å². The number of nitrogens with zero attached hydrogens (tertiary/aromatic N) is 1. The van der Waals surface area contributed by atoms with Gasteiger partial charge in [-0.05, 0) is 43.7 Å². The Morgan fingerprint density at radius 2 is 1.79 bits per heavy atom. The van der Waals surface area contributed by atoms with Crippen LogP contribution in [0.1, 0.15) is 37.7 Å². The number of carbonyl (C=O) groups is 2. The molecule has 0 saturated heterocycles. The van der Waals surface area contributed by atoms with Crippen molar-refractivity contribution in [2.24, 2.45) is 7.05 Å². The first kappa shape index (κ1) is 13.6. The van der Waals surface area contributed by atoms with Crippen molar-refractivity contribution in [2.45, 2.75) is 13.8 Å². The number of benzene rings is 1. The summed E-state index contributed by atoms with van der Waals surface area (Å²) >= 11 is 5.81. The largest absolute Gasteiger partial charge is 0.344 e. The molecule has 0 unspecified atom stereocenters. The molecule has 0 spiro atoms. The normalized spacial score (nSPS) is 10.5. The van der Waals surface area contributed by atoms with E-state index >= 15 is 0 Å². The van der Waals surface area contributed by atoms with E-state index in [-0.39, 0.29) is 5.78 Å². The Hall–Kier alpha value is -1.87. The predicted octanol–water partition coefficient (Wildman–Crippen LogP) is 3.34. The van der Waals surface area contributed by atoms with Gasteiger partial charge in [-0.1, -0.05) is 11.6 Å². The highest BCUT2D eigenvalue weighted by Crippen LogP contribution is 2.22. The number of aromatic nitrogens is 1. The molecule has 0 amide bonds. The van der Waals surface area contributed by atoms with Crippen molar-refractivity contribution < 1.29 is 9.59 Å². The summed E-state index contributed by atoms with van der Waals surface area (Å²) in [5.74, 6) is -0.104. The molecular weight excluding hydrogens is 262 g/mol. The highest BCUT2D eigenvalue weighted by atomic mass is 35.5. The zero-order valence-corrected chi connectivity index (χ0v) is 11.8. The second kappa shape index (κ2) is 5.02. The fourth-order valence-corrected chi connectivity index (χ4v) is 2.36. The maximum Gasteiger partial charge on any atom is 0.209 e. The minimum Gasteiger partial charge on any atom is -0.344 e. The van der Waals surface area contributed by atoms with Gasteiger partial charge in [-0.2, -0.15) is 0 Å². The van der Waals surface area contributed by atoms with Crippen molar-refractivity contribution in [3.63, 3.8) is 0 Å². The molecule has 0 atom stereocenters. The van der Waals surface area contributed by atoms with E-state index in [1.807, 2.05) is 6.92 Å². The first-order valence-corrected chi connectivity index (χ1v) is 6.26. The number of ketones is 1. The summed E-state index contributed by atoms with van der Waals surface area (Å²) in [6.45, 7) is 3.62. The summed E-state index contributed by atoms with van der Waals surface area (Å²) in [7, 11) is 1.79. The average molecular weight is 276 g/mol. The molecule has 0 aliphatic carbocycles. The highest BCUT2D eigenvalue weighted by molar-refractivity contribution is 6.30. The van der Waals surface area contributed by atoms with Crippen LogP contribution >= 0.6 is 11.6 Å². The van der Waals surface area contributed by atoms with Gasteiger partial charge in [0.1, 0.15) is 0 Å². The number of hydrogen-bond donors (Lipinski definition) is 0. The minimum absolute atomic E-state index is 0.104. The molecule has 19 heavy (non-hydrogen) atoms. The lowest BCUT2D eigenvalue weighted by Crippen LogP contribution is -2.09. The molecule has 0 aliphatic heterocycles. The van der Waals surface area contributed by atoms with Gasteiger partial charge in [0.2, 0.25) is 5.78 Å². The van der Waals surface area contributed by atoms with Crippen molar-refractivity contribution in [1.29, 1.82) is 0 Å². The third-order valence-corrected chi connectivity index (χ3v) is 3.68. The van der Waals surface area contributed by atoms with Gasteiger partial charge in [-0.3, -0.25) is 9.59 Å². The Balaban J connectivity index is 2.56. The lowest BCUT2D eigenvalue weighted by atomic mass is 10.0. The quantitative estimate of drug-likeness (QED) is 0.637. The van der Waals surface area contributed by atoms with Gasteiger partial charge >= 0.3 is 0 Å². The van der Waals surface area contributed by atoms with Crippen molar-refractivity contribution in [3.8, 4) is 0 Å². The topological polar surface area (TPSA) is 39.1 Å². The third kappa shape index (κ3) is 2.22. The van der Waals surface area contributed by atoms with E-state index in [1.165, 1.54) is 0 Å². The minimum atomic E-state index is -0.104. The molecule has 1 heterocycles. The molecule has 2 rings (SSSR count). The van der Waals surface area contributed by atoms with Gasteiger partial charge < -0.3 is 4.57 Å². The standard InChI is InChI=1S/C15H14ClNO2/c1-9-13(8-18)10(2)17(3)14(9)15(19)11-4-6-12(16)7-5-11/h4-8H,1-3H3. The maximum atomic E-state index is 12.5. The predicted molar refractivity (Wildman–Crippen MR) is 75.2 cm³/mol. The first-order chi connectivity index (χ1) is 8.97. The summed E-state index contributed by atoms with van der Waals surface area (Å²) < 4.78 is 1.76. The number of aldehydes is 1. The molecule has 1 aromatic carbocycles. The van der Waals surface area contributed by atoms with Crippen LogP contribution in [0.15, 0.2) is 24.3 Å². The molecule has 4 heteroatoms. The molecular formula is C15H14ClNO2. The van der Waals surface area contributed by atoms with Crippen LogP contribution in [-0.4, -0.2) is 16.6 Å². The summed E-state index contributed by atoms with van der Waals surface area (Å²) in [6.07, 6.45) is 0.795. The molecule has 0 aliphatic rings. The number of halogens is 1. The number of carbonyl (C=O) groups excluding carboxylic acids is 2. The van der Waals surface area contributed by atoms with E-state index in [9.17, 15) is 9.59 Å². The molecule has 2 aromatic rings. The average Bonchev–Trinajstić information content (AvgIpc) is 2.60. The van der Waals surface area contributed by atoms with Crippen molar-refractivity contribution in [3.05, 3.63) is 57.4 Å². The third-order valence-electron chi connectivity index (χ3n) is 3.43. The Morgan fingerprint density at radius 1 is 1.21 bits per heavy atom. The van der Waals surface area contributed by atoms with E-state index in [0.29, 0.717) is 21.8 Å². The first-order valence-electron chi connectivity index (χ1n) is 5.88. The molecule has 0 N–H and O–H groups in total. The molecule has 0 saturated carbocycles. The smallest absolute Gasteiger partial charge is 0.209 e. The van der Waals surface area contributed by atoms with Crippen molar-refractivity contribution in [2.75, 3.05) is 0 Å². The van der Waals surface area contributed by atoms with E-state index < -0.39 is 0 Å². The highest BCUT2D eigenvalue weighted by Gasteiger charge is 2.21. The molecule has 0 radical (unpaired) electrons. The molecule has 0 fully saturated rings. The summed E-state index contributed by atoms with van der Waals surface area (Å²) in [5, 5.41) is 0.588. The van der Waals surface area contributed by atoms with Gasteiger partial charge in [0.05, 0.1) is 5.69 Å². The van der Waals surface area contributed by atoms with Crippen LogP contribution in [-0.2, 0) is 7.05 Å². The Bertz CT molecular complexity index is 654. The van der Waals surface area contributed by atoms with Gasteiger partial charge in [-0.15, -0.1) is 0 Å². The summed E-state index contributed by atoms with van der Waals surface area (Å²) in [5.41, 5.74) is 3.20. The van der Waals surface area contributed by atoms with Crippen LogP contribution in [0.4, 0.5) is 0 Å². The summed E-state index contributed by atoms with van der Waals surface area (Å²) in [4.78, 5) is 23.6.